The molecule has 2 aromatic carbocycles. The maximum Gasteiger partial charge on any atom is 0.254 e. The smallest absolute Gasteiger partial charge is 0.254 e. The second-order valence-corrected chi connectivity index (χ2v) is 5.83. The fourth-order valence-corrected chi connectivity index (χ4v) is 2.56. The third kappa shape index (κ3) is 3.46. The summed E-state index contributed by atoms with van der Waals surface area (Å²) in [6.45, 7) is 3.94. The SMILES string of the molecule is Cc1cc(C=O)cc(C)c1OCc1nnc(-c2ccc(Cl)cc2)o1. The minimum atomic E-state index is 0.155. The fourth-order valence-electron chi connectivity index (χ4n) is 2.43. The molecule has 0 bridgehead atoms. The van der Waals surface area contributed by atoms with Gasteiger partial charge in [-0.2, -0.15) is 0 Å². The molecule has 0 aliphatic rings. The number of nitrogens with zero attached hydrogens (tertiary/aromatic N) is 2. The van der Waals surface area contributed by atoms with E-state index >= 15 is 0 Å². The summed E-state index contributed by atoms with van der Waals surface area (Å²) in [5.74, 6) is 1.50. The van der Waals surface area contributed by atoms with Gasteiger partial charge in [-0.1, -0.05) is 11.6 Å². The van der Waals surface area contributed by atoms with Gasteiger partial charge in [0.15, 0.2) is 6.61 Å². The highest BCUT2D eigenvalue weighted by Gasteiger charge is 2.11. The van der Waals surface area contributed by atoms with E-state index in [0.29, 0.717) is 28.1 Å². The summed E-state index contributed by atoms with van der Waals surface area (Å²) in [4.78, 5) is 10.9. The van der Waals surface area contributed by atoms with E-state index in [9.17, 15) is 4.79 Å². The quantitative estimate of drug-likeness (QED) is 0.643. The van der Waals surface area contributed by atoms with Crippen LogP contribution >= 0.6 is 11.6 Å². The number of aromatic nitrogens is 2. The molecule has 122 valence electrons. The van der Waals surface area contributed by atoms with Gasteiger partial charge in [0.1, 0.15) is 12.0 Å². The van der Waals surface area contributed by atoms with Gasteiger partial charge < -0.3 is 9.15 Å². The maximum absolute atomic E-state index is 10.9. The van der Waals surface area contributed by atoms with Crippen LogP contribution in [0, 0.1) is 13.8 Å². The van der Waals surface area contributed by atoms with Crippen molar-refractivity contribution in [2.24, 2.45) is 0 Å². The first-order valence-corrected chi connectivity index (χ1v) is 7.72. The van der Waals surface area contributed by atoms with Gasteiger partial charge in [0.25, 0.3) is 5.89 Å². The molecular weight excluding hydrogens is 328 g/mol. The maximum atomic E-state index is 10.9. The normalized spacial score (nSPS) is 10.6. The van der Waals surface area contributed by atoms with Crippen molar-refractivity contribution < 1.29 is 13.9 Å². The van der Waals surface area contributed by atoms with Crippen molar-refractivity contribution >= 4 is 17.9 Å². The van der Waals surface area contributed by atoms with Gasteiger partial charge in [0, 0.05) is 16.1 Å². The van der Waals surface area contributed by atoms with Crippen LogP contribution in [0.5, 0.6) is 5.75 Å². The highest BCUT2D eigenvalue weighted by atomic mass is 35.5. The van der Waals surface area contributed by atoms with Crippen LogP contribution in [0.4, 0.5) is 0 Å². The zero-order valence-electron chi connectivity index (χ0n) is 13.2. The Hall–Kier alpha value is -2.66. The number of aldehydes is 1. The second kappa shape index (κ2) is 6.84. The predicted octanol–water partition coefficient (Wildman–Crippen LogP) is 4.40. The van der Waals surface area contributed by atoms with Crippen molar-refractivity contribution in [3.8, 4) is 17.2 Å². The summed E-state index contributed by atoms with van der Waals surface area (Å²) in [7, 11) is 0. The number of benzene rings is 2. The molecule has 3 aromatic rings. The Bertz CT molecular complexity index is 849. The van der Waals surface area contributed by atoms with E-state index in [-0.39, 0.29) is 6.61 Å². The third-order valence-electron chi connectivity index (χ3n) is 3.52. The highest BCUT2D eigenvalue weighted by molar-refractivity contribution is 6.30. The molecule has 0 unspecified atom stereocenters. The molecule has 0 saturated carbocycles. The van der Waals surface area contributed by atoms with E-state index in [1.54, 1.807) is 24.3 Å². The summed E-state index contributed by atoms with van der Waals surface area (Å²) in [6.07, 6.45) is 0.820. The van der Waals surface area contributed by atoms with Crippen LogP contribution < -0.4 is 4.74 Å². The number of aryl methyl sites for hydroxylation is 2. The van der Waals surface area contributed by atoms with Gasteiger partial charge in [0.05, 0.1) is 0 Å². The molecule has 6 heteroatoms. The number of rotatable bonds is 5. The number of halogens is 1. The Morgan fingerprint density at radius 2 is 1.79 bits per heavy atom. The minimum Gasteiger partial charge on any atom is -0.483 e. The lowest BCUT2D eigenvalue weighted by atomic mass is 10.1. The largest absolute Gasteiger partial charge is 0.483 e. The van der Waals surface area contributed by atoms with E-state index in [4.69, 9.17) is 20.8 Å². The third-order valence-corrected chi connectivity index (χ3v) is 3.77. The first-order chi connectivity index (χ1) is 11.6. The molecule has 5 nitrogen and oxygen atoms in total. The molecule has 24 heavy (non-hydrogen) atoms. The number of ether oxygens (including phenoxy) is 1. The number of hydrogen-bond donors (Lipinski definition) is 0. The highest BCUT2D eigenvalue weighted by Crippen LogP contribution is 2.26. The molecule has 3 rings (SSSR count). The molecule has 0 saturated heterocycles. The van der Waals surface area contributed by atoms with E-state index in [1.807, 2.05) is 26.0 Å². The van der Waals surface area contributed by atoms with Gasteiger partial charge >= 0.3 is 0 Å². The standard InChI is InChI=1S/C18H15ClN2O3/c1-11-7-13(9-22)8-12(2)17(11)23-10-16-20-21-18(24-16)14-3-5-15(19)6-4-14/h3-9H,10H2,1-2H3. The van der Waals surface area contributed by atoms with E-state index < -0.39 is 0 Å². The minimum absolute atomic E-state index is 0.155. The molecule has 0 N–H and O–H groups in total. The average molecular weight is 343 g/mol. The van der Waals surface area contributed by atoms with Gasteiger partial charge in [-0.05, 0) is 61.4 Å². The van der Waals surface area contributed by atoms with Crippen LogP contribution in [0.25, 0.3) is 11.5 Å². The van der Waals surface area contributed by atoms with Crippen LogP contribution in [-0.2, 0) is 6.61 Å². The van der Waals surface area contributed by atoms with Gasteiger partial charge in [0.2, 0.25) is 5.89 Å². The Balaban J connectivity index is 1.74. The average Bonchev–Trinajstić information content (AvgIpc) is 3.03. The molecule has 0 aliphatic heterocycles. The zero-order valence-corrected chi connectivity index (χ0v) is 14.0. The lowest BCUT2D eigenvalue weighted by Crippen LogP contribution is -2.00. The van der Waals surface area contributed by atoms with E-state index in [0.717, 1.165) is 23.0 Å². The number of carbonyl (C=O) groups excluding carboxylic acids is 1. The van der Waals surface area contributed by atoms with Crippen molar-refractivity contribution in [3.05, 3.63) is 64.0 Å². The summed E-state index contributed by atoms with van der Waals surface area (Å²) < 4.78 is 11.4. The number of carbonyl (C=O) groups is 1. The van der Waals surface area contributed by atoms with Crippen molar-refractivity contribution in [1.29, 1.82) is 0 Å². The van der Waals surface area contributed by atoms with Crippen LogP contribution in [0.15, 0.2) is 40.8 Å². The van der Waals surface area contributed by atoms with Crippen molar-refractivity contribution in [3.63, 3.8) is 0 Å². The summed E-state index contributed by atoms with van der Waals surface area (Å²) in [5, 5.41) is 8.65. The number of hydrogen-bond acceptors (Lipinski definition) is 5. The summed E-state index contributed by atoms with van der Waals surface area (Å²) >= 11 is 5.86. The monoisotopic (exact) mass is 342 g/mol. The predicted molar refractivity (Wildman–Crippen MR) is 90.4 cm³/mol. The Labute approximate surface area is 144 Å². The molecule has 0 fully saturated rings. The van der Waals surface area contributed by atoms with Crippen LogP contribution in [0.3, 0.4) is 0 Å². The van der Waals surface area contributed by atoms with Crippen molar-refractivity contribution in [1.82, 2.24) is 10.2 Å². The molecular formula is C18H15ClN2O3. The van der Waals surface area contributed by atoms with Gasteiger partial charge in [-0.15, -0.1) is 10.2 Å². The topological polar surface area (TPSA) is 65.2 Å². The van der Waals surface area contributed by atoms with Crippen molar-refractivity contribution in [2.45, 2.75) is 20.5 Å². The molecule has 1 heterocycles. The lowest BCUT2D eigenvalue weighted by molar-refractivity contribution is 0.112. The fraction of sp³-hybridized carbons (Fsp3) is 0.167. The molecule has 0 spiro atoms. The molecule has 0 radical (unpaired) electrons. The Kier molecular flexibility index (Phi) is 4.62. The lowest BCUT2D eigenvalue weighted by Gasteiger charge is -2.11. The summed E-state index contributed by atoms with van der Waals surface area (Å²) in [6, 6.07) is 10.7. The van der Waals surface area contributed by atoms with E-state index in [2.05, 4.69) is 10.2 Å². The second-order valence-electron chi connectivity index (χ2n) is 5.40. The molecule has 1 aromatic heterocycles. The first-order valence-electron chi connectivity index (χ1n) is 7.34. The summed E-state index contributed by atoms with van der Waals surface area (Å²) in [5.41, 5.74) is 3.19. The van der Waals surface area contributed by atoms with Crippen LogP contribution in [0.2, 0.25) is 5.02 Å². The molecule has 0 amide bonds. The van der Waals surface area contributed by atoms with E-state index in [1.165, 1.54) is 0 Å². The Morgan fingerprint density at radius 1 is 1.12 bits per heavy atom. The zero-order chi connectivity index (χ0) is 17.1. The molecule has 0 aliphatic carbocycles. The van der Waals surface area contributed by atoms with Gasteiger partial charge in [-0.25, -0.2) is 0 Å². The molecule has 0 atom stereocenters. The van der Waals surface area contributed by atoms with Crippen LogP contribution in [0.1, 0.15) is 27.4 Å². The van der Waals surface area contributed by atoms with Crippen molar-refractivity contribution in [2.75, 3.05) is 0 Å². The van der Waals surface area contributed by atoms with Crippen LogP contribution in [-0.4, -0.2) is 16.5 Å². The Morgan fingerprint density at radius 3 is 2.42 bits per heavy atom. The van der Waals surface area contributed by atoms with Gasteiger partial charge in [-0.3, -0.25) is 4.79 Å². The first kappa shape index (κ1) is 16.2.